The molecule has 2 rings (SSSR count). The van der Waals surface area contributed by atoms with E-state index in [1.807, 2.05) is 30.3 Å². The van der Waals surface area contributed by atoms with Crippen LogP contribution in [0, 0.1) is 0 Å². The lowest BCUT2D eigenvalue weighted by atomic mass is 10.1. The van der Waals surface area contributed by atoms with Crippen LogP contribution in [0.4, 0.5) is 4.79 Å². The number of alkyl carbamates (subject to hydrolysis) is 1. The van der Waals surface area contributed by atoms with Crippen LogP contribution in [0.2, 0.25) is 0 Å². The van der Waals surface area contributed by atoms with E-state index in [2.05, 4.69) is 10.3 Å². The summed E-state index contributed by atoms with van der Waals surface area (Å²) in [5, 5.41) is 2.67. The van der Waals surface area contributed by atoms with Gasteiger partial charge in [0.1, 0.15) is 18.2 Å². The minimum Gasteiger partial charge on any atom is -0.465 e. The van der Waals surface area contributed by atoms with Gasteiger partial charge in [0, 0.05) is 25.4 Å². The Kier molecular flexibility index (Phi) is 9.19. The predicted octanol–water partition coefficient (Wildman–Crippen LogP) is 3.11. The lowest BCUT2D eigenvalue weighted by molar-refractivity contribution is -0.150. The summed E-state index contributed by atoms with van der Waals surface area (Å²) in [6, 6.07) is 11.9. The maximum atomic E-state index is 13.5. The molecule has 1 N–H and O–H groups in total. The number of esters is 1. The van der Waals surface area contributed by atoms with Crippen molar-refractivity contribution in [2.45, 2.75) is 52.3 Å². The monoisotopic (exact) mass is 441 g/mol. The number of nitrogens with zero attached hydrogens (tertiary/aromatic N) is 2. The molecule has 0 spiro atoms. The first-order valence-electron chi connectivity index (χ1n) is 10.5. The van der Waals surface area contributed by atoms with Crippen LogP contribution in [0.3, 0.4) is 0 Å². The Labute approximate surface area is 188 Å². The standard InChI is InChI=1S/C24H31N3O5/c1-5-31-21(28)17-27(16-19-9-7-6-8-10-19)22(29)20(15-18-11-13-25-14-12-18)26-23(30)32-24(2,3)4/h6-14,20H,5,15-17H2,1-4H3,(H,26,30)/t20-/m1/s1. The van der Waals surface area contributed by atoms with E-state index in [1.54, 1.807) is 52.2 Å². The molecule has 0 aliphatic carbocycles. The Morgan fingerprint density at radius 1 is 1.03 bits per heavy atom. The normalized spacial score (nSPS) is 11.9. The fourth-order valence-electron chi connectivity index (χ4n) is 3.00. The van der Waals surface area contributed by atoms with Gasteiger partial charge < -0.3 is 19.7 Å². The summed E-state index contributed by atoms with van der Waals surface area (Å²) in [4.78, 5) is 43.6. The summed E-state index contributed by atoms with van der Waals surface area (Å²) >= 11 is 0. The molecule has 0 saturated heterocycles. The highest BCUT2D eigenvalue weighted by Crippen LogP contribution is 2.12. The second-order valence-corrected chi connectivity index (χ2v) is 8.24. The van der Waals surface area contributed by atoms with Gasteiger partial charge in [-0.05, 0) is 51.0 Å². The van der Waals surface area contributed by atoms with Crippen LogP contribution in [-0.4, -0.2) is 52.6 Å². The zero-order chi connectivity index (χ0) is 23.6. The third-order valence-electron chi connectivity index (χ3n) is 4.33. The number of carbonyl (C=O) groups excluding carboxylic acids is 3. The molecule has 0 saturated carbocycles. The van der Waals surface area contributed by atoms with Gasteiger partial charge >= 0.3 is 12.1 Å². The molecule has 0 aliphatic heterocycles. The van der Waals surface area contributed by atoms with E-state index in [0.29, 0.717) is 0 Å². The Hall–Kier alpha value is -3.42. The molecular formula is C24H31N3O5. The van der Waals surface area contributed by atoms with Crippen molar-refractivity contribution in [2.24, 2.45) is 0 Å². The summed E-state index contributed by atoms with van der Waals surface area (Å²) in [7, 11) is 0. The lowest BCUT2D eigenvalue weighted by Crippen LogP contribution is -2.51. The van der Waals surface area contributed by atoms with Crippen LogP contribution >= 0.6 is 0 Å². The summed E-state index contributed by atoms with van der Waals surface area (Å²) in [6.45, 7) is 7.12. The number of amides is 2. The number of ether oxygens (including phenoxy) is 2. The molecule has 1 aromatic carbocycles. The second-order valence-electron chi connectivity index (χ2n) is 8.24. The van der Waals surface area contributed by atoms with Crippen molar-refractivity contribution in [3.63, 3.8) is 0 Å². The highest BCUT2D eigenvalue weighted by atomic mass is 16.6. The van der Waals surface area contributed by atoms with Gasteiger partial charge in [-0.2, -0.15) is 0 Å². The summed E-state index contributed by atoms with van der Waals surface area (Å²) in [5.74, 6) is -0.929. The summed E-state index contributed by atoms with van der Waals surface area (Å²) in [6.07, 6.45) is 2.74. The first-order valence-corrected chi connectivity index (χ1v) is 10.5. The quantitative estimate of drug-likeness (QED) is 0.601. The molecule has 1 atom stereocenters. The maximum absolute atomic E-state index is 13.5. The smallest absolute Gasteiger partial charge is 0.408 e. The molecule has 32 heavy (non-hydrogen) atoms. The maximum Gasteiger partial charge on any atom is 0.408 e. The fraction of sp³-hybridized carbons (Fsp3) is 0.417. The number of hydrogen-bond acceptors (Lipinski definition) is 6. The predicted molar refractivity (Wildman–Crippen MR) is 120 cm³/mol. The molecule has 1 heterocycles. The Morgan fingerprint density at radius 2 is 1.69 bits per heavy atom. The van der Waals surface area contributed by atoms with Crippen LogP contribution in [0.5, 0.6) is 0 Å². The molecule has 1 aromatic heterocycles. The zero-order valence-corrected chi connectivity index (χ0v) is 19.0. The molecule has 2 aromatic rings. The van der Waals surface area contributed by atoms with Gasteiger partial charge in [0.2, 0.25) is 5.91 Å². The van der Waals surface area contributed by atoms with E-state index < -0.39 is 29.6 Å². The molecule has 0 radical (unpaired) electrons. The lowest BCUT2D eigenvalue weighted by Gasteiger charge is -2.28. The molecule has 0 aliphatic rings. The number of hydrogen-bond donors (Lipinski definition) is 1. The minimum absolute atomic E-state index is 0.196. The number of aromatic nitrogens is 1. The number of benzene rings is 1. The Bertz CT molecular complexity index is 882. The van der Waals surface area contributed by atoms with Crippen molar-refractivity contribution in [3.05, 3.63) is 66.0 Å². The number of nitrogens with one attached hydrogen (secondary N) is 1. The van der Waals surface area contributed by atoms with Crippen LogP contribution in [0.25, 0.3) is 0 Å². The van der Waals surface area contributed by atoms with E-state index in [1.165, 1.54) is 4.90 Å². The molecule has 2 amide bonds. The molecule has 0 unspecified atom stereocenters. The van der Waals surface area contributed by atoms with E-state index in [0.717, 1.165) is 11.1 Å². The fourth-order valence-corrected chi connectivity index (χ4v) is 3.00. The topological polar surface area (TPSA) is 97.8 Å². The van der Waals surface area contributed by atoms with Crippen molar-refractivity contribution < 1.29 is 23.9 Å². The van der Waals surface area contributed by atoms with E-state index in [9.17, 15) is 14.4 Å². The van der Waals surface area contributed by atoms with Gasteiger partial charge in [-0.1, -0.05) is 30.3 Å². The minimum atomic E-state index is -0.939. The summed E-state index contributed by atoms with van der Waals surface area (Å²) < 4.78 is 10.4. The van der Waals surface area contributed by atoms with Gasteiger partial charge in [-0.25, -0.2) is 4.79 Å². The third kappa shape index (κ3) is 8.75. The van der Waals surface area contributed by atoms with Crippen LogP contribution in [-0.2, 0) is 32.0 Å². The molecule has 0 fully saturated rings. The largest absolute Gasteiger partial charge is 0.465 e. The molecule has 8 nitrogen and oxygen atoms in total. The van der Waals surface area contributed by atoms with E-state index in [4.69, 9.17) is 9.47 Å². The molecule has 172 valence electrons. The highest BCUT2D eigenvalue weighted by Gasteiger charge is 2.30. The van der Waals surface area contributed by atoms with Gasteiger partial charge in [0.05, 0.1) is 6.61 Å². The SMILES string of the molecule is CCOC(=O)CN(Cc1ccccc1)C(=O)[C@@H](Cc1ccncc1)NC(=O)OC(C)(C)C. The van der Waals surface area contributed by atoms with Crippen molar-refractivity contribution in [2.75, 3.05) is 13.2 Å². The first kappa shape index (κ1) is 24.8. The van der Waals surface area contributed by atoms with Gasteiger partial charge in [-0.3, -0.25) is 14.6 Å². The number of carbonyl (C=O) groups is 3. The van der Waals surface area contributed by atoms with Gasteiger partial charge in [0.25, 0.3) is 0 Å². The van der Waals surface area contributed by atoms with E-state index >= 15 is 0 Å². The Morgan fingerprint density at radius 3 is 2.28 bits per heavy atom. The van der Waals surface area contributed by atoms with Crippen molar-refractivity contribution in [1.29, 1.82) is 0 Å². The van der Waals surface area contributed by atoms with Crippen LogP contribution < -0.4 is 5.32 Å². The van der Waals surface area contributed by atoms with Crippen LogP contribution in [0.15, 0.2) is 54.9 Å². The molecular weight excluding hydrogens is 410 g/mol. The van der Waals surface area contributed by atoms with Crippen molar-refractivity contribution in [3.8, 4) is 0 Å². The average molecular weight is 442 g/mol. The molecule has 0 bridgehead atoms. The Balaban J connectivity index is 2.28. The third-order valence-corrected chi connectivity index (χ3v) is 4.33. The van der Waals surface area contributed by atoms with Crippen molar-refractivity contribution in [1.82, 2.24) is 15.2 Å². The number of pyridine rings is 1. The molecule has 8 heteroatoms. The van der Waals surface area contributed by atoms with Crippen LogP contribution in [0.1, 0.15) is 38.8 Å². The van der Waals surface area contributed by atoms with Gasteiger partial charge in [-0.15, -0.1) is 0 Å². The average Bonchev–Trinajstić information content (AvgIpc) is 2.72. The second kappa shape index (κ2) is 11.8. The van der Waals surface area contributed by atoms with Gasteiger partial charge in [0.15, 0.2) is 0 Å². The highest BCUT2D eigenvalue weighted by molar-refractivity contribution is 5.88. The van der Waals surface area contributed by atoms with Crippen molar-refractivity contribution >= 4 is 18.0 Å². The zero-order valence-electron chi connectivity index (χ0n) is 19.0. The summed E-state index contributed by atoms with van der Waals surface area (Å²) in [5.41, 5.74) is 0.943. The first-order chi connectivity index (χ1) is 15.2. The van der Waals surface area contributed by atoms with E-state index in [-0.39, 0.29) is 26.1 Å². The number of rotatable bonds is 9.